The van der Waals surface area contributed by atoms with Crippen molar-refractivity contribution in [1.82, 2.24) is 9.78 Å². The highest BCUT2D eigenvalue weighted by molar-refractivity contribution is 9.10. The molecule has 0 aliphatic rings. The highest BCUT2D eigenvalue weighted by Crippen LogP contribution is 2.22. The first-order chi connectivity index (χ1) is 10.8. The smallest absolute Gasteiger partial charge is 0.249 e. The standard InChI is InChI=1S/C15H18BrN5O2/c1-15(18,10-2-4-11(16)5-3-10)14(23)19-13-7-9-21(20-13)8-6-12(17)22/h2-5,7,9H,6,8,18H2,1H3,(H2,17,22)(H,19,20,23). The first kappa shape index (κ1) is 17.2. The number of benzene rings is 1. The minimum Gasteiger partial charge on any atom is -0.370 e. The fraction of sp³-hybridized carbons (Fsp3) is 0.267. The summed E-state index contributed by atoms with van der Waals surface area (Å²) in [4.78, 5) is 23.2. The zero-order valence-electron chi connectivity index (χ0n) is 12.6. The molecule has 1 atom stereocenters. The van der Waals surface area contributed by atoms with Gasteiger partial charge < -0.3 is 16.8 Å². The fourth-order valence-corrected chi connectivity index (χ4v) is 2.22. The number of hydrogen-bond donors (Lipinski definition) is 3. The lowest BCUT2D eigenvalue weighted by Crippen LogP contribution is -2.45. The average molecular weight is 380 g/mol. The van der Waals surface area contributed by atoms with Crippen molar-refractivity contribution in [2.45, 2.75) is 25.4 Å². The van der Waals surface area contributed by atoms with Gasteiger partial charge in [0.25, 0.3) is 0 Å². The van der Waals surface area contributed by atoms with Crippen molar-refractivity contribution >= 4 is 33.6 Å². The second-order valence-corrected chi connectivity index (χ2v) is 6.26. The van der Waals surface area contributed by atoms with E-state index in [2.05, 4.69) is 26.3 Å². The summed E-state index contributed by atoms with van der Waals surface area (Å²) < 4.78 is 2.44. The maximum atomic E-state index is 12.4. The van der Waals surface area contributed by atoms with Crippen LogP contribution in [0.1, 0.15) is 18.9 Å². The first-order valence-corrected chi connectivity index (χ1v) is 7.76. The number of primary amides is 1. The molecule has 0 fully saturated rings. The fourth-order valence-electron chi connectivity index (χ4n) is 1.95. The Kier molecular flexibility index (Phi) is 5.17. The molecule has 0 spiro atoms. The molecule has 0 radical (unpaired) electrons. The summed E-state index contributed by atoms with van der Waals surface area (Å²) >= 11 is 3.34. The number of carbonyl (C=O) groups is 2. The van der Waals surface area contributed by atoms with Gasteiger partial charge in [-0.05, 0) is 24.6 Å². The maximum absolute atomic E-state index is 12.4. The van der Waals surface area contributed by atoms with E-state index in [-0.39, 0.29) is 12.3 Å². The van der Waals surface area contributed by atoms with Crippen molar-refractivity contribution in [2.75, 3.05) is 5.32 Å². The number of carbonyl (C=O) groups excluding carboxylic acids is 2. The zero-order chi connectivity index (χ0) is 17.0. The summed E-state index contributed by atoms with van der Waals surface area (Å²) in [5, 5.41) is 6.84. The number of anilines is 1. The van der Waals surface area contributed by atoms with Gasteiger partial charge in [0, 0.05) is 29.7 Å². The zero-order valence-corrected chi connectivity index (χ0v) is 14.2. The van der Waals surface area contributed by atoms with Gasteiger partial charge in [0.1, 0.15) is 5.54 Å². The Labute approximate surface area is 142 Å². The monoisotopic (exact) mass is 379 g/mol. The molecule has 1 aromatic carbocycles. The number of halogens is 1. The van der Waals surface area contributed by atoms with Crippen molar-refractivity contribution in [1.29, 1.82) is 0 Å². The van der Waals surface area contributed by atoms with Gasteiger partial charge in [-0.15, -0.1) is 0 Å². The van der Waals surface area contributed by atoms with Gasteiger partial charge in [0.15, 0.2) is 5.82 Å². The Morgan fingerprint density at radius 3 is 2.57 bits per heavy atom. The third-order valence-electron chi connectivity index (χ3n) is 3.39. The van der Waals surface area contributed by atoms with Crippen molar-refractivity contribution in [3.8, 4) is 0 Å². The van der Waals surface area contributed by atoms with Gasteiger partial charge in [0.05, 0.1) is 0 Å². The van der Waals surface area contributed by atoms with Crippen LogP contribution in [0.3, 0.4) is 0 Å². The summed E-state index contributed by atoms with van der Waals surface area (Å²) in [5.74, 6) is -0.413. The Morgan fingerprint density at radius 1 is 1.30 bits per heavy atom. The highest BCUT2D eigenvalue weighted by Gasteiger charge is 2.31. The third-order valence-corrected chi connectivity index (χ3v) is 3.91. The quantitative estimate of drug-likeness (QED) is 0.701. The van der Waals surface area contributed by atoms with E-state index in [4.69, 9.17) is 11.5 Å². The van der Waals surface area contributed by atoms with Crippen LogP contribution in [-0.4, -0.2) is 21.6 Å². The summed E-state index contributed by atoms with van der Waals surface area (Å²) in [6, 6.07) is 8.86. The van der Waals surface area contributed by atoms with Crippen molar-refractivity contribution in [3.05, 3.63) is 46.6 Å². The molecule has 122 valence electrons. The van der Waals surface area contributed by atoms with Crippen LogP contribution in [0.15, 0.2) is 41.0 Å². The topological polar surface area (TPSA) is 116 Å². The normalized spacial score (nSPS) is 13.3. The summed E-state index contributed by atoms with van der Waals surface area (Å²) in [5.41, 5.74) is 10.7. The molecule has 23 heavy (non-hydrogen) atoms. The van der Waals surface area contributed by atoms with E-state index >= 15 is 0 Å². The van der Waals surface area contributed by atoms with E-state index in [1.165, 1.54) is 4.68 Å². The molecule has 0 bridgehead atoms. The SMILES string of the molecule is CC(N)(C(=O)Nc1ccn(CCC(N)=O)n1)c1ccc(Br)cc1. The van der Waals surface area contributed by atoms with Crippen LogP contribution in [-0.2, 0) is 21.7 Å². The highest BCUT2D eigenvalue weighted by atomic mass is 79.9. The maximum Gasteiger partial charge on any atom is 0.249 e. The van der Waals surface area contributed by atoms with E-state index < -0.39 is 11.4 Å². The summed E-state index contributed by atoms with van der Waals surface area (Å²) in [6.45, 7) is 1.99. The molecule has 0 saturated heterocycles. The number of nitrogens with two attached hydrogens (primary N) is 2. The number of nitrogens with one attached hydrogen (secondary N) is 1. The molecule has 5 N–H and O–H groups in total. The molecule has 0 saturated carbocycles. The average Bonchev–Trinajstić information content (AvgIpc) is 2.93. The number of rotatable bonds is 6. The predicted octanol–water partition coefficient (Wildman–Crippen LogP) is 1.33. The lowest BCUT2D eigenvalue weighted by molar-refractivity contribution is -0.121. The Hall–Kier alpha value is -2.19. The second kappa shape index (κ2) is 6.93. The molecule has 8 heteroatoms. The van der Waals surface area contributed by atoms with Crippen LogP contribution in [0.2, 0.25) is 0 Å². The van der Waals surface area contributed by atoms with Gasteiger partial charge in [-0.3, -0.25) is 14.3 Å². The van der Waals surface area contributed by atoms with Crippen LogP contribution >= 0.6 is 15.9 Å². The molecule has 7 nitrogen and oxygen atoms in total. The Balaban J connectivity index is 2.05. The van der Waals surface area contributed by atoms with E-state index in [1.54, 1.807) is 31.3 Å². The van der Waals surface area contributed by atoms with E-state index in [1.807, 2.05) is 12.1 Å². The molecule has 1 aromatic heterocycles. The molecule has 1 unspecified atom stereocenters. The van der Waals surface area contributed by atoms with Crippen molar-refractivity contribution in [2.24, 2.45) is 11.5 Å². The van der Waals surface area contributed by atoms with Crippen LogP contribution in [0.25, 0.3) is 0 Å². The van der Waals surface area contributed by atoms with Crippen LogP contribution in [0, 0.1) is 0 Å². The molecule has 0 aliphatic carbocycles. The van der Waals surface area contributed by atoms with E-state index in [0.717, 1.165) is 4.47 Å². The molecule has 2 rings (SSSR count). The van der Waals surface area contributed by atoms with E-state index in [9.17, 15) is 9.59 Å². The summed E-state index contributed by atoms with van der Waals surface area (Å²) in [6.07, 6.45) is 1.84. The second-order valence-electron chi connectivity index (χ2n) is 5.34. The predicted molar refractivity (Wildman–Crippen MR) is 90.3 cm³/mol. The van der Waals surface area contributed by atoms with Crippen LogP contribution in [0.4, 0.5) is 5.82 Å². The van der Waals surface area contributed by atoms with Gasteiger partial charge in [-0.2, -0.15) is 5.10 Å². The number of aryl methyl sites for hydroxylation is 1. The molecular weight excluding hydrogens is 362 g/mol. The van der Waals surface area contributed by atoms with Gasteiger partial charge in [-0.25, -0.2) is 0 Å². The van der Waals surface area contributed by atoms with Crippen molar-refractivity contribution in [3.63, 3.8) is 0 Å². The van der Waals surface area contributed by atoms with Crippen molar-refractivity contribution < 1.29 is 9.59 Å². The van der Waals surface area contributed by atoms with Gasteiger partial charge in [0.2, 0.25) is 11.8 Å². The molecular formula is C15H18BrN5O2. The van der Waals surface area contributed by atoms with Crippen LogP contribution < -0.4 is 16.8 Å². The molecule has 2 aromatic rings. The Bertz CT molecular complexity index is 709. The number of hydrogen-bond acceptors (Lipinski definition) is 4. The first-order valence-electron chi connectivity index (χ1n) is 6.97. The molecule has 2 amide bonds. The van der Waals surface area contributed by atoms with Crippen LogP contribution in [0.5, 0.6) is 0 Å². The molecule has 0 aliphatic heterocycles. The largest absolute Gasteiger partial charge is 0.370 e. The lowest BCUT2D eigenvalue weighted by atomic mass is 9.92. The van der Waals surface area contributed by atoms with Gasteiger partial charge in [-0.1, -0.05) is 28.1 Å². The Morgan fingerprint density at radius 2 is 1.96 bits per heavy atom. The third kappa shape index (κ3) is 4.40. The minimum atomic E-state index is -1.20. The number of nitrogens with zero attached hydrogens (tertiary/aromatic N) is 2. The number of aromatic nitrogens is 2. The lowest BCUT2D eigenvalue weighted by Gasteiger charge is -2.23. The van der Waals surface area contributed by atoms with E-state index in [0.29, 0.717) is 17.9 Å². The number of amides is 2. The minimum absolute atomic E-state index is 0.183. The summed E-state index contributed by atoms with van der Waals surface area (Å²) in [7, 11) is 0. The molecule has 1 heterocycles. The van der Waals surface area contributed by atoms with Gasteiger partial charge >= 0.3 is 0 Å².